The molecule has 1 rings (SSSR count). The zero-order valence-corrected chi connectivity index (χ0v) is 12.5. The normalized spacial score (nSPS) is 12.0. The van der Waals surface area contributed by atoms with Gasteiger partial charge in [-0.3, -0.25) is 0 Å². The molecule has 0 aromatic heterocycles. The Morgan fingerprint density at radius 2 is 1.95 bits per heavy atom. The van der Waals surface area contributed by atoms with Crippen molar-refractivity contribution in [2.75, 3.05) is 18.5 Å². The van der Waals surface area contributed by atoms with Crippen molar-refractivity contribution in [3.63, 3.8) is 0 Å². The van der Waals surface area contributed by atoms with Gasteiger partial charge in [0.1, 0.15) is 5.69 Å². The highest BCUT2D eigenvalue weighted by atomic mass is 35.5. The summed E-state index contributed by atoms with van der Waals surface area (Å²) in [6.07, 6.45) is 2.34. The Balaban J connectivity index is 2.57. The maximum atomic E-state index is 13.5. The van der Waals surface area contributed by atoms with Gasteiger partial charge in [0.25, 0.3) is 0 Å². The number of halogens is 3. The third-order valence-electron chi connectivity index (χ3n) is 3.03. The van der Waals surface area contributed by atoms with Gasteiger partial charge >= 0.3 is 6.03 Å². The van der Waals surface area contributed by atoms with Gasteiger partial charge in [-0.2, -0.15) is 0 Å². The summed E-state index contributed by atoms with van der Waals surface area (Å²) >= 11 is 5.50. The lowest BCUT2D eigenvalue weighted by molar-refractivity contribution is 0.236. The van der Waals surface area contributed by atoms with E-state index in [-0.39, 0.29) is 17.5 Å². The summed E-state index contributed by atoms with van der Waals surface area (Å²) in [7, 11) is 0. The Morgan fingerprint density at radius 1 is 1.33 bits per heavy atom. The molecule has 21 heavy (non-hydrogen) atoms. The molecule has 0 radical (unpaired) electrons. The molecule has 1 aromatic carbocycles. The standard InChI is InChI=1S/C14H19ClF2N2O2/c1-2-3-9(4-5-20)8-18-14(21)19-13-11(16)6-10(15)7-12(13)17/h6-7,9,20H,2-5,8H2,1H3,(H2,18,19,21). The van der Waals surface area contributed by atoms with Crippen molar-refractivity contribution in [2.45, 2.75) is 26.2 Å². The Bertz CT molecular complexity index is 457. The number of amides is 2. The van der Waals surface area contributed by atoms with E-state index in [1.165, 1.54) is 0 Å². The first-order valence-corrected chi connectivity index (χ1v) is 7.16. The van der Waals surface area contributed by atoms with Crippen molar-refractivity contribution in [3.05, 3.63) is 28.8 Å². The number of carbonyl (C=O) groups excluding carboxylic acids is 1. The molecule has 0 saturated heterocycles. The van der Waals surface area contributed by atoms with Gasteiger partial charge in [-0.1, -0.05) is 24.9 Å². The smallest absolute Gasteiger partial charge is 0.319 e. The second-order valence-electron chi connectivity index (χ2n) is 4.75. The fourth-order valence-electron chi connectivity index (χ4n) is 2.00. The number of aliphatic hydroxyl groups is 1. The lowest BCUT2D eigenvalue weighted by atomic mass is 10.0. The Hall–Kier alpha value is -1.40. The van der Waals surface area contributed by atoms with E-state index in [1.54, 1.807) is 0 Å². The average molecular weight is 321 g/mol. The Labute approximate surface area is 127 Å². The molecule has 0 spiro atoms. The monoisotopic (exact) mass is 320 g/mol. The van der Waals surface area contributed by atoms with E-state index in [1.807, 2.05) is 6.92 Å². The number of hydrogen-bond donors (Lipinski definition) is 3. The first-order chi connectivity index (χ1) is 9.97. The number of nitrogens with one attached hydrogen (secondary N) is 2. The molecule has 3 N–H and O–H groups in total. The molecule has 2 amide bonds. The molecular formula is C14H19ClF2N2O2. The number of benzene rings is 1. The molecular weight excluding hydrogens is 302 g/mol. The van der Waals surface area contributed by atoms with Crippen LogP contribution in [0.15, 0.2) is 12.1 Å². The summed E-state index contributed by atoms with van der Waals surface area (Å²) in [5.74, 6) is -1.74. The van der Waals surface area contributed by atoms with Crippen molar-refractivity contribution >= 4 is 23.3 Å². The summed E-state index contributed by atoms with van der Waals surface area (Å²) in [6.45, 7) is 2.37. The third-order valence-corrected chi connectivity index (χ3v) is 3.25. The minimum absolute atomic E-state index is 0.0361. The van der Waals surface area contributed by atoms with Crippen LogP contribution in [-0.4, -0.2) is 24.3 Å². The zero-order chi connectivity index (χ0) is 15.8. The predicted molar refractivity (Wildman–Crippen MR) is 78.5 cm³/mol. The molecule has 118 valence electrons. The molecule has 1 unspecified atom stereocenters. The van der Waals surface area contributed by atoms with E-state index in [2.05, 4.69) is 10.6 Å². The van der Waals surface area contributed by atoms with Crippen LogP contribution in [0, 0.1) is 17.6 Å². The highest BCUT2D eigenvalue weighted by Crippen LogP contribution is 2.23. The third kappa shape index (κ3) is 5.85. The summed E-state index contributed by atoms with van der Waals surface area (Å²) < 4.78 is 27.0. The van der Waals surface area contributed by atoms with E-state index < -0.39 is 23.4 Å². The first kappa shape index (κ1) is 17.7. The molecule has 1 atom stereocenters. The minimum atomic E-state index is -0.935. The molecule has 7 heteroatoms. The quantitative estimate of drug-likeness (QED) is 0.719. The second-order valence-corrected chi connectivity index (χ2v) is 5.18. The van der Waals surface area contributed by atoms with Crippen LogP contribution in [-0.2, 0) is 0 Å². The molecule has 0 heterocycles. The van der Waals surface area contributed by atoms with Gasteiger partial charge in [-0.25, -0.2) is 13.6 Å². The maximum Gasteiger partial charge on any atom is 0.319 e. The topological polar surface area (TPSA) is 61.4 Å². The molecule has 0 fully saturated rings. The number of anilines is 1. The van der Waals surface area contributed by atoms with E-state index in [4.69, 9.17) is 16.7 Å². The van der Waals surface area contributed by atoms with Gasteiger partial charge in [0.2, 0.25) is 0 Å². The highest BCUT2D eigenvalue weighted by molar-refractivity contribution is 6.30. The number of rotatable bonds is 7. The molecule has 0 aliphatic carbocycles. The van der Waals surface area contributed by atoms with Crippen LogP contribution in [0.5, 0.6) is 0 Å². The van der Waals surface area contributed by atoms with E-state index in [0.29, 0.717) is 13.0 Å². The van der Waals surface area contributed by atoms with Crippen molar-refractivity contribution < 1.29 is 18.7 Å². The van der Waals surface area contributed by atoms with E-state index in [9.17, 15) is 13.6 Å². The van der Waals surface area contributed by atoms with Gasteiger partial charge in [-0.15, -0.1) is 0 Å². The van der Waals surface area contributed by atoms with Crippen LogP contribution in [0.4, 0.5) is 19.3 Å². The largest absolute Gasteiger partial charge is 0.396 e. The number of hydrogen-bond acceptors (Lipinski definition) is 2. The molecule has 4 nitrogen and oxygen atoms in total. The average Bonchev–Trinajstić information content (AvgIpc) is 2.40. The van der Waals surface area contributed by atoms with Crippen LogP contribution < -0.4 is 10.6 Å². The number of aliphatic hydroxyl groups excluding tert-OH is 1. The molecule has 0 aliphatic rings. The fourth-order valence-corrected chi connectivity index (χ4v) is 2.19. The van der Waals surface area contributed by atoms with Crippen molar-refractivity contribution in [1.29, 1.82) is 0 Å². The highest BCUT2D eigenvalue weighted by Gasteiger charge is 2.15. The van der Waals surface area contributed by atoms with Crippen LogP contribution in [0.1, 0.15) is 26.2 Å². The maximum absolute atomic E-state index is 13.5. The van der Waals surface area contributed by atoms with Gasteiger partial charge in [0.15, 0.2) is 11.6 Å². The summed E-state index contributed by atoms with van der Waals surface area (Å²) in [5, 5.41) is 13.5. The van der Waals surface area contributed by atoms with Crippen molar-refractivity contribution in [1.82, 2.24) is 5.32 Å². The summed E-state index contributed by atoms with van der Waals surface area (Å²) in [5.41, 5.74) is -0.536. The van der Waals surface area contributed by atoms with Crippen LogP contribution in [0.2, 0.25) is 5.02 Å². The predicted octanol–water partition coefficient (Wildman–Crippen LogP) is 3.54. The number of urea groups is 1. The van der Waals surface area contributed by atoms with Gasteiger partial charge < -0.3 is 15.7 Å². The second kappa shape index (κ2) is 8.79. The van der Waals surface area contributed by atoms with Crippen molar-refractivity contribution in [3.8, 4) is 0 Å². The summed E-state index contributed by atoms with van der Waals surface area (Å²) in [4.78, 5) is 11.7. The zero-order valence-electron chi connectivity index (χ0n) is 11.8. The Kier molecular flexibility index (Phi) is 7.39. The van der Waals surface area contributed by atoms with E-state index >= 15 is 0 Å². The fraction of sp³-hybridized carbons (Fsp3) is 0.500. The van der Waals surface area contributed by atoms with Crippen LogP contribution in [0.3, 0.4) is 0 Å². The van der Waals surface area contributed by atoms with Gasteiger partial charge in [0, 0.05) is 18.2 Å². The molecule has 0 saturated carbocycles. The minimum Gasteiger partial charge on any atom is -0.396 e. The van der Waals surface area contributed by atoms with Crippen LogP contribution in [0.25, 0.3) is 0 Å². The lowest BCUT2D eigenvalue weighted by Gasteiger charge is -2.16. The number of carbonyl (C=O) groups is 1. The van der Waals surface area contributed by atoms with E-state index in [0.717, 1.165) is 25.0 Å². The Morgan fingerprint density at radius 3 is 2.48 bits per heavy atom. The summed E-state index contributed by atoms with van der Waals surface area (Å²) in [6, 6.07) is 1.15. The first-order valence-electron chi connectivity index (χ1n) is 6.78. The lowest BCUT2D eigenvalue weighted by Crippen LogP contribution is -2.34. The SMILES string of the molecule is CCCC(CCO)CNC(=O)Nc1c(F)cc(Cl)cc1F. The van der Waals surface area contributed by atoms with Gasteiger partial charge in [-0.05, 0) is 30.9 Å². The van der Waals surface area contributed by atoms with Crippen molar-refractivity contribution in [2.24, 2.45) is 5.92 Å². The molecule has 0 bridgehead atoms. The molecule has 1 aromatic rings. The molecule has 0 aliphatic heterocycles. The van der Waals surface area contributed by atoms with Crippen LogP contribution >= 0.6 is 11.6 Å². The van der Waals surface area contributed by atoms with Gasteiger partial charge in [0.05, 0.1) is 0 Å².